The van der Waals surface area contributed by atoms with Crippen molar-refractivity contribution in [2.45, 2.75) is 13.8 Å². The van der Waals surface area contributed by atoms with Crippen molar-refractivity contribution < 1.29 is 23.5 Å². The Balaban J connectivity index is 1.78. The van der Waals surface area contributed by atoms with Crippen molar-refractivity contribution in [3.05, 3.63) is 89.9 Å². The second-order valence-corrected chi connectivity index (χ2v) is 7.19. The van der Waals surface area contributed by atoms with Gasteiger partial charge in [0.2, 0.25) is 0 Å². The molecule has 0 atom stereocenters. The zero-order chi connectivity index (χ0) is 23.4. The zero-order valence-electron chi connectivity index (χ0n) is 18.3. The normalized spacial score (nSPS) is 13.5. The van der Waals surface area contributed by atoms with Crippen LogP contribution in [-0.4, -0.2) is 25.0 Å². The standard InChI is InChI=1S/C26H23FN2O4/c1-3-32-21-15-14-19(16-22(21)33-4-2)28-24-23(17-10-12-18(27)13-11-17)25(30)29(26(24)31)20-8-6-5-7-9-20/h5-16,28H,3-4H2,1-2H3. The molecule has 33 heavy (non-hydrogen) atoms. The van der Waals surface area contributed by atoms with E-state index < -0.39 is 17.6 Å². The van der Waals surface area contributed by atoms with E-state index in [1.807, 2.05) is 13.8 Å². The Morgan fingerprint density at radius 3 is 2.15 bits per heavy atom. The smallest absolute Gasteiger partial charge is 0.282 e. The average Bonchev–Trinajstić information content (AvgIpc) is 3.06. The number of para-hydroxylation sites is 1. The molecule has 1 heterocycles. The molecule has 6 nitrogen and oxygen atoms in total. The van der Waals surface area contributed by atoms with Crippen LogP contribution < -0.4 is 19.7 Å². The van der Waals surface area contributed by atoms with Crippen molar-refractivity contribution in [1.82, 2.24) is 0 Å². The molecule has 0 aromatic heterocycles. The largest absolute Gasteiger partial charge is 0.490 e. The first-order valence-corrected chi connectivity index (χ1v) is 10.6. The van der Waals surface area contributed by atoms with Crippen molar-refractivity contribution >= 4 is 28.8 Å². The maximum atomic E-state index is 13.5. The maximum Gasteiger partial charge on any atom is 0.282 e. The van der Waals surface area contributed by atoms with Gasteiger partial charge < -0.3 is 14.8 Å². The summed E-state index contributed by atoms with van der Waals surface area (Å²) in [6.45, 7) is 4.66. The summed E-state index contributed by atoms with van der Waals surface area (Å²) < 4.78 is 24.8. The van der Waals surface area contributed by atoms with Crippen LogP contribution in [0.3, 0.4) is 0 Å². The molecular weight excluding hydrogens is 423 g/mol. The van der Waals surface area contributed by atoms with E-state index in [0.29, 0.717) is 41.7 Å². The van der Waals surface area contributed by atoms with Crippen LogP contribution in [0.2, 0.25) is 0 Å². The van der Waals surface area contributed by atoms with Gasteiger partial charge in [-0.05, 0) is 55.8 Å². The lowest BCUT2D eigenvalue weighted by Crippen LogP contribution is -2.32. The predicted octanol–water partition coefficient (Wildman–Crippen LogP) is 5.02. The number of rotatable bonds is 8. The number of hydrogen-bond donors (Lipinski definition) is 1. The van der Waals surface area contributed by atoms with Gasteiger partial charge in [0.1, 0.15) is 11.5 Å². The molecule has 3 aromatic rings. The fourth-order valence-electron chi connectivity index (χ4n) is 3.61. The SMILES string of the molecule is CCOc1ccc(NC2=C(c3ccc(F)cc3)C(=O)N(c3ccccc3)C2=O)cc1OCC. The van der Waals surface area contributed by atoms with Gasteiger partial charge in [0.15, 0.2) is 11.5 Å². The predicted molar refractivity (Wildman–Crippen MR) is 125 cm³/mol. The van der Waals surface area contributed by atoms with Gasteiger partial charge in [0.05, 0.1) is 24.5 Å². The molecule has 1 aliphatic rings. The minimum Gasteiger partial charge on any atom is -0.490 e. The number of ether oxygens (including phenoxy) is 2. The van der Waals surface area contributed by atoms with Crippen LogP contribution in [0.5, 0.6) is 11.5 Å². The molecular formula is C26H23FN2O4. The molecule has 2 amide bonds. The van der Waals surface area contributed by atoms with E-state index in [0.717, 1.165) is 4.90 Å². The molecule has 7 heteroatoms. The molecule has 0 fully saturated rings. The Kier molecular flexibility index (Phi) is 6.40. The minimum absolute atomic E-state index is 0.0991. The lowest BCUT2D eigenvalue weighted by Gasteiger charge is -2.16. The van der Waals surface area contributed by atoms with Crippen molar-refractivity contribution in [1.29, 1.82) is 0 Å². The molecule has 3 aromatic carbocycles. The second kappa shape index (κ2) is 9.56. The quantitative estimate of drug-likeness (QED) is 0.492. The summed E-state index contributed by atoms with van der Waals surface area (Å²) in [6.07, 6.45) is 0. The highest BCUT2D eigenvalue weighted by Crippen LogP contribution is 2.36. The molecule has 0 unspecified atom stereocenters. The second-order valence-electron chi connectivity index (χ2n) is 7.19. The Hall–Kier alpha value is -4.13. The molecule has 0 aliphatic carbocycles. The van der Waals surface area contributed by atoms with E-state index in [4.69, 9.17) is 9.47 Å². The summed E-state index contributed by atoms with van der Waals surface area (Å²) in [6, 6.07) is 19.3. The Morgan fingerprint density at radius 1 is 0.818 bits per heavy atom. The number of halogens is 1. The van der Waals surface area contributed by atoms with E-state index in [-0.39, 0.29) is 11.3 Å². The first kappa shape index (κ1) is 22.1. The van der Waals surface area contributed by atoms with Crippen LogP contribution in [0, 0.1) is 5.82 Å². The van der Waals surface area contributed by atoms with E-state index in [1.54, 1.807) is 48.5 Å². The fraction of sp³-hybridized carbons (Fsp3) is 0.154. The summed E-state index contributed by atoms with van der Waals surface area (Å²) in [5, 5.41) is 3.09. The number of carbonyl (C=O) groups is 2. The van der Waals surface area contributed by atoms with E-state index in [1.165, 1.54) is 24.3 Å². The van der Waals surface area contributed by atoms with Crippen LogP contribution in [0.1, 0.15) is 19.4 Å². The summed E-state index contributed by atoms with van der Waals surface area (Å²) in [4.78, 5) is 27.9. The summed E-state index contributed by atoms with van der Waals surface area (Å²) in [5.74, 6) is -0.325. The van der Waals surface area contributed by atoms with Crippen LogP contribution >= 0.6 is 0 Å². The third-order valence-electron chi connectivity index (χ3n) is 5.04. The van der Waals surface area contributed by atoms with Gasteiger partial charge in [-0.15, -0.1) is 0 Å². The van der Waals surface area contributed by atoms with Gasteiger partial charge in [-0.2, -0.15) is 0 Å². The summed E-state index contributed by atoms with van der Waals surface area (Å²) >= 11 is 0. The van der Waals surface area contributed by atoms with E-state index >= 15 is 0 Å². The Morgan fingerprint density at radius 2 is 1.48 bits per heavy atom. The van der Waals surface area contributed by atoms with E-state index in [2.05, 4.69) is 5.32 Å². The van der Waals surface area contributed by atoms with E-state index in [9.17, 15) is 14.0 Å². The Labute approximate surface area is 191 Å². The van der Waals surface area contributed by atoms with Crippen molar-refractivity contribution in [2.24, 2.45) is 0 Å². The number of nitrogens with one attached hydrogen (secondary N) is 1. The monoisotopic (exact) mass is 446 g/mol. The van der Waals surface area contributed by atoms with Crippen molar-refractivity contribution in [2.75, 3.05) is 23.4 Å². The Bertz CT molecular complexity index is 1210. The van der Waals surface area contributed by atoms with Gasteiger partial charge in [0.25, 0.3) is 11.8 Å². The number of benzene rings is 3. The average molecular weight is 446 g/mol. The first-order chi connectivity index (χ1) is 16.0. The molecule has 0 saturated carbocycles. The van der Waals surface area contributed by atoms with Crippen LogP contribution in [0.4, 0.5) is 15.8 Å². The number of amides is 2. The minimum atomic E-state index is -0.502. The van der Waals surface area contributed by atoms with Crippen LogP contribution in [0.15, 0.2) is 78.5 Å². The number of carbonyl (C=O) groups excluding carboxylic acids is 2. The molecule has 1 N–H and O–H groups in total. The number of anilines is 2. The number of imide groups is 1. The summed E-state index contributed by atoms with van der Waals surface area (Å²) in [5.41, 5.74) is 1.70. The molecule has 0 bridgehead atoms. The molecule has 168 valence electrons. The fourth-order valence-corrected chi connectivity index (χ4v) is 3.61. The lowest BCUT2D eigenvalue weighted by atomic mass is 10.0. The number of nitrogens with zero attached hydrogens (tertiary/aromatic N) is 1. The maximum absolute atomic E-state index is 13.5. The zero-order valence-corrected chi connectivity index (χ0v) is 18.3. The highest BCUT2D eigenvalue weighted by Gasteiger charge is 2.40. The molecule has 0 saturated heterocycles. The van der Waals surface area contributed by atoms with Crippen molar-refractivity contribution in [3.8, 4) is 11.5 Å². The number of hydrogen-bond acceptors (Lipinski definition) is 5. The van der Waals surface area contributed by atoms with Gasteiger partial charge in [-0.1, -0.05) is 30.3 Å². The molecule has 0 spiro atoms. The third-order valence-corrected chi connectivity index (χ3v) is 5.04. The topological polar surface area (TPSA) is 67.9 Å². The van der Waals surface area contributed by atoms with Gasteiger partial charge in [-0.3, -0.25) is 9.59 Å². The van der Waals surface area contributed by atoms with Crippen molar-refractivity contribution in [3.63, 3.8) is 0 Å². The lowest BCUT2D eigenvalue weighted by molar-refractivity contribution is -0.120. The van der Waals surface area contributed by atoms with Gasteiger partial charge >= 0.3 is 0 Å². The first-order valence-electron chi connectivity index (χ1n) is 10.6. The van der Waals surface area contributed by atoms with Crippen LogP contribution in [0.25, 0.3) is 5.57 Å². The van der Waals surface area contributed by atoms with Gasteiger partial charge in [-0.25, -0.2) is 9.29 Å². The van der Waals surface area contributed by atoms with Gasteiger partial charge in [0, 0.05) is 11.8 Å². The highest BCUT2D eigenvalue weighted by molar-refractivity contribution is 6.46. The summed E-state index contributed by atoms with van der Waals surface area (Å²) in [7, 11) is 0. The molecule has 1 aliphatic heterocycles. The van der Waals surface area contributed by atoms with Crippen LogP contribution in [-0.2, 0) is 9.59 Å². The highest BCUT2D eigenvalue weighted by atomic mass is 19.1. The molecule has 4 rings (SSSR count). The molecule has 0 radical (unpaired) electrons. The third kappa shape index (κ3) is 4.43.